The van der Waals surface area contributed by atoms with Crippen LogP contribution in [0.5, 0.6) is 0 Å². The van der Waals surface area contributed by atoms with Crippen molar-refractivity contribution in [3.05, 3.63) is 17.5 Å². The molecule has 2 heterocycles. The van der Waals surface area contributed by atoms with Crippen molar-refractivity contribution in [2.75, 3.05) is 20.1 Å². The molecule has 0 atom stereocenters. The molecule has 0 unspecified atom stereocenters. The SMILES string of the molecule is CNC1(C)CCN(Cc2cc(C)nn2C)CC1. The maximum atomic E-state index is 4.40. The standard InChI is InChI=1S/C13H24N4/c1-11-9-12(16(4)15-11)10-17-7-5-13(2,14-3)6-8-17/h9,14H,5-8,10H2,1-4H3. The normalized spacial score (nSPS) is 20.7. The molecule has 1 aliphatic rings. The van der Waals surface area contributed by atoms with Crippen molar-refractivity contribution in [2.45, 2.75) is 38.8 Å². The maximum absolute atomic E-state index is 4.40. The van der Waals surface area contributed by atoms with Crippen molar-refractivity contribution in [1.29, 1.82) is 0 Å². The fourth-order valence-electron chi connectivity index (χ4n) is 2.50. The summed E-state index contributed by atoms with van der Waals surface area (Å²) in [4.78, 5) is 2.52. The zero-order valence-electron chi connectivity index (χ0n) is 11.5. The van der Waals surface area contributed by atoms with Gasteiger partial charge in [-0.25, -0.2) is 0 Å². The van der Waals surface area contributed by atoms with E-state index in [9.17, 15) is 0 Å². The summed E-state index contributed by atoms with van der Waals surface area (Å²) < 4.78 is 2.00. The Kier molecular flexibility index (Phi) is 3.54. The maximum Gasteiger partial charge on any atom is 0.0597 e. The Balaban J connectivity index is 1.92. The van der Waals surface area contributed by atoms with Crippen LogP contribution in [0.2, 0.25) is 0 Å². The van der Waals surface area contributed by atoms with Crippen molar-refractivity contribution in [3.63, 3.8) is 0 Å². The third-order valence-electron chi connectivity index (χ3n) is 4.05. The Morgan fingerprint density at radius 2 is 2.06 bits per heavy atom. The van der Waals surface area contributed by atoms with E-state index in [0.29, 0.717) is 5.54 Å². The van der Waals surface area contributed by atoms with E-state index >= 15 is 0 Å². The summed E-state index contributed by atoms with van der Waals surface area (Å²) in [5.41, 5.74) is 2.76. The molecule has 0 aromatic carbocycles. The minimum absolute atomic E-state index is 0.332. The number of hydrogen-bond acceptors (Lipinski definition) is 3. The number of aryl methyl sites for hydroxylation is 2. The molecule has 17 heavy (non-hydrogen) atoms. The lowest BCUT2D eigenvalue weighted by Gasteiger charge is -2.39. The topological polar surface area (TPSA) is 33.1 Å². The number of aromatic nitrogens is 2. The molecular formula is C13H24N4. The van der Waals surface area contributed by atoms with Crippen molar-refractivity contribution in [2.24, 2.45) is 7.05 Å². The van der Waals surface area contributed by atoms with E-state index in [1.54, 1.807) is 0 Å². The molecular weight excluding hydrogens is 212 g/mol. The van der Waals surface area contributed by atoms with Crippen molar-refractivity contribution in [1.82, 2.24) is 20.0 Å². The van der Waals surface area contributed by atoms with Gasteiger partial charge in [-0.3, -0.25) is 9.58 Å². The molecule has 0 amide bonds. The third-order valence-corrected chi connectivity index (χ3v) is 4.05. The average molecular weight is 236 g/mol. The third kappa shape index (κ3) is 2.87. The molecule has 1 aliphatic heterocycles. The predicted octanol–water partition coefficient (Wildman–Crippen LogP) is 1.30. The lowest BCUT2D eigenvalue weighted by molar-refractivity contribution is 0.143. The summed E-state index contributed by atoms with van der Waals surface area (Å²) in [7, 11) is 4.10. The van der Waals surface area contributed by atoms with Crippen LogP contribution in [0.25, 0.3) is 0 Å². The van der Waals surface area contributed by atoms with E-state index < -0.39 is 0 Å². The van der Waals surface area contributed by atoms with Crippen molar-refractivity contribution in [3.8, 4) is 0 Å². The van der Waals surface area contributed by atoms with Crippen molar-refractivity contribution < 1.29 is 0 Å². The van der Waals surface area contributed by atoms with E-state index in [1.807, 2.05) is 11.7 Å². The van der Waals surface area contributed by atoms with Gasteiger partial charge in [0.15, 0.2) is 0 Å². The zero-order valence-corrected chi connectivity index (χ0v) is 11.5. The van der Waals surface area contributed by atoms with Crippen LogP contribution in [-0.4, -0.2) is 40.4 Å². The van der Waals surface area contributed by atoms with Crippen LogP contribution in [0.3, 0.4) is 0 Å². The Morgan fingerprint density at radius 3 is 2.53 bits per heavy atom. The molecule has 0 aliphatic carbocycles. The van der Waals surface area contributed by atoms with Gasteiger partial charge >= 0.3 is 0 Å². The number of likely N-dealkylation sites (tertiary alicyclic amines) is 1. The van der Waals surface area contributed by atoms with Gasteiger partial charge in [0.25, 0.3) is 0 Å². The molecule has 1 fully saturated rings. The molecule has 0 radical (unpaired) electrons. The van der Waals surface area contributed by atoms with Crippen LogP contribution in [-0.2, 0) is 13.6 Å². The first-order valence-electron chi connectivity index (χ1n) is 6.43. The van der Waals surface area contributed by atoms with Gasteiger partial charge < -0.3 is 5.32 Å². The van der Waals surface area contributed by atoms with E-state index in [0.717, 1.165) is 12.2 Å². The van der Waals surface area contributed by atoms with Gasteiger partial charge in [0, 0.05) is 32.2 Å². The summed E-state index contributed by atoms with van der Waals surface area (Å²) in [6, 6.07) is 2.19. The summed E-state index contributed by atoms with van der Waals surface area (Å²) in [6.45, 7) is 7.73. The minimum atomic E-state index is 0.332. The van der Waals surface area contributed by atoms with E-state index in [2.05, 4.69) is 42.3 Å². The van der Waals surface area contributed by atoms with Gasteiger partial charge in [-0.05, 0) is 39.8 Å². The lowest BCUT2D eigenvalue weighted by atomic mass is 9.90. The van der Waals surface area contributed by atoms with Crippen LogP contribution in [0.15, 0.2) is 6.07 Å². The Morgan fingerprint density at radius 1 is 1.41 bits per heavy atom. The van der Waals surface area contributed by atoms with Gasteiger partial charge in [-0.15, -0.1) is 0 Å². The van der Waals surface area contributed by atoms with Crippen molar-refractivity contribution >= 4 is 0 Å². The molecule has 0 bridgehead atoms. The van der Waals surface area contributed by atoms with Crippen LogP contribution in [0.1, 0.15) is 31.2 Å². The van der Waals surface area contributed by atoms with Gasteiger partial charge in [0.1, 0.15) is 0 Å². The smallest absolute Gasteiger partial charge is 0.0597 e. The molecule has 2 rings (SSSR count). The molecule has 1 aromatic rings. The lowest BCUT2D eigenvalue weighted by Crippen LogP contribution is -2.49. The van der Waals surface area contributed by atoms with Gasteiger partial charge in [0.05, 0.1) is 11.4 Å². The van der Waals surface area contributed by atoms with E-state index in [1.165, 1.54) is 31.6 Å². The first-order valence-corrected chi connectivity index (χ1v) is 6.43. The molecule has 4 heteroatoms. The highest BCUT2D eigenvalue weighted by Gasteiger charge is 2.28. The largest absolute Gasteiger partial charge is 0.314 e. The Bertz CT molecular complexity index is 375. The van der Waals surface area contributed by atoms with E-state index in [4.69, 9.17) is 0 Å². The van der Waals surface area contributed by atoms with Crippen LogP contribution >= 0.6 is 0 Å². The van der Waals surface area contributed by atoms with Crippen LogP contribution in [0, 0.1) is 6.92 Å². The fraction of sp³-hybridized carbons (Fsp3) is 0.769. The molecule has 4 nitrogen and oxygen atoms in total. The highest BCUT2D eigenvalue weighted by Crippen LogP contribution is 2.22. The van der Waals surface area contributed by atoms with E-state index in [-0.39, 0.29) is 0 Å². The summed E-state index contributed by atoms with van der Waals surface area (Å²) in [6.07, 6.45) is 2.45. The number of piperidine rings is 1. The van der Waals surface area contributed by atoms with Crippen LogP contribution < -0.4 is 5.32 Å². The Hall–Kier alpha value is -0.870. The summed E-state index contributed by atoms with van der Waals surface area (Å²) in [5.74, 6) is 0. The highest BCUT2D eigenvalue weighted by atomic mass is 15.3. The number of hydrogen-bond donors (Lipinski definition) is 1. The second-order valence-electron chi connectivity index (χ2n) is 5.49. The Labute approximate surface area is 104 Å². The summed E-state index contributed by atoms with van der Waals surface area (Å²) >= 11 is 0. The van der Waals surface area contributed by atoms with Gasteiger partial charge in [0.2, 0.25) is 0 Å². The predicted molar refractivity (Wildman–Crippen MR) is 69.9 cm³/mol. The molecule has 0 saturated carbocycles. The van der Waals surface area contributed by atoms with Crippen LogP contribution in [0.4, 0.5) is 0 Å². The number of nitrogens with zero attached hydrogens (tertiary/aromatic N) is 3. The molecule has 96 valence electrons. The highest BCUT2D eigenvalue weighted by molar-refractivity contribution is 5.08. The second-order valence-corrected chi connectivity index (χ2v) is 5.49. The first kappa shape index (κ1) is 12.6. The van der Waals surface area contributed by atoms with Gasteiger partial charge in [-0.2, -0.15) is 5.10 Å². The monoisotopic (exact) mass is 236 g/mol. The number of nitrogens with one attached hydrogen (secondary N) is 1. The molecule has 0 spiro atoms. The minimum Gasteiger partial charge on any atom is -0.314 e. The molecule has 1 aromatic heterocycles. The zero-order chi connectivity index (χ0) is 12.5. The quantitative estimate of drug-likeness (QED) is 0.859. The average Bonchev–Trinajstić information content (AvgIpc) is 2.61. The van der Waals surface area contributed by atoms with Gasteiger partial charge in [-0.1, -0.05) is 0 Å². The first-order chi connectivity index (χ1) is 8.02. The molecule has 1 N–H and O–H groups in total. The second kappa shape index (κ2) is 4.78. The number of rotatable bonds is 3. The molecule has 1 saturated heterocycles. The fourth-order valence-corrected chi connectivity index (χ4v) is 2.50. The summed E-state index contributed by atoms with van der Waals surface area (Å²) in [5, 5.41) is 7.83.